The second kappa shape index (κ2) is 5.80. The highest BCUT2D eigenvalue weighted by Gasteiger charge is 2.17. The van der Waals surface area contributed by atoms with Crippen LogP contribution in [-0.4, -0.2) is 11.2 Å². The zero-order valence-electron chi connectivity index (χ0n) is 9.86. The van der Waals surface area contributed by atoms with Crippen LogP contribution in [-0.2, 0) is 6.54 Å². The lowest BCUT2D eigenvalue weighted by atomic mass is 10.1. The summed E-state index contributed by atoms with van der Waals surface area (Å²) in [5.74, 6) is 12.3. The number of hydrogen-bond acceptors (Lipinski definition) is 1. The van der Waals surface area contributed by atoms with Gasteiger partial charge in [-0.2, -0.15) is 0 Å². The molecule has 3 nitrogen and oxygen atoms in total. The second-order valence-electron chi connectivity index (χ2n) is 4.15. The Kier molecular flexibility index (Phi) is 3.89. The van der Waals surface area contributed by atoms with Crippen LogP contribution in [0, 0.1) is 29.6 Å². The monoisotopic (exact) mass is 239 g/mol. The van der Waals surface area contributed by atoms with E-state index in [-0.39, 0.29) is 0 Å². The number of carboxylic acid groups (broad SMARTS) is 1. The van der Waals surface area contributed by atoms with Crippen LogP contribution in [0.15, 0.2) is 24.3 Å². The minimum Gasteiger partial charge on any atom is -0.465 e. The van der Waals surface area contributed by atoms with Gasteiger partial charge in [-0.05, 0) is 42.4 Å². The second-order valence-corrected chi connectivity index (χ2v) is 4.15. The maximum absolute atomic E-state index is 10.3. The standard InChI is InChI=1S/C15H13NO2/c17-15(18)16-11-14-9-7-13(8-10-14)4-2-1-3-12-5-6-12/h7-10,12,16H,5-6,11H2,(H,17,18). The molecule has 90 valence electrons. The van der Waals surface area contributed by atoms with E-state index in [1.807, 2.05) is 24.3 Å². The molecule has 1 fully saturated rings. The molecular weight excluding hydrogens is 226 g/mol. The molecule has 1 aromatic rings. The van der Waals surface area contributed by atoms with Crippen molar-refractivity contribution in [2.24, 2.45) is 5.92 Å². The van der Waals surface area contributed by atoms with Crippen molar-refractivity contribution in [3.63, 3.8) is 0 Å². The average Bonchev–Trinajstić information content (AvgIpc) is 3.17. The van der Waals surface area contributed by atoms with E-state index in [2.05, 4.69) is 29.0 Å². The summed E-state index contributed by atoms with van der Waals surface area (Å²) in [5, 5.41) is 10.8. The molecule has 1 amide bonds. The molecule has 1 aromatic carbocycles. The molecule has 0 aliphatic heterocycles. The van der Waals surface area contributed by atoms with Gasteiger partial charge in [0.25, 0.3) is 0 Å². The molecule has 3 heteroatoms. The highest BCUT2D eigenvalue weighted by molar-refractivity contribution is 5.64. The van der Waals surface area contributed by atoms with E-state index in [9.17, 15) is 4.79 Å². The lowest BCUT2D eigenvalue weighted by Gasteiger charge is -2.00. The lowest BCUT2D eigenvalue weighted by molar-refractivity contribution is 0.194. The Hall–Kier alpha value is -2.39. The summed E-state index contributed by atoms with van der Waals surface area (Å²) in [5.41, 5.74) is 1.80. The van der Waals surface area contributed by atoms with Crippen LogP contribution in [0.25, 0.3) is 0 Å². The first-order valence-corrected chi connectivity index (χ1v) is 5.81. The van der Waals surface area contributed by atoms with Gasteiger partial charge in [-0.25, -0.2) is 4.79 Å². The van der Waals surface area contributed by atoms with Gasteiger partial charge in [0.2, 0.25) is 0 Å². The van der Waals surface area contributed by atoms with Crippen LogP contribution >= 0.6 is 0 Å². The molecule has 0 heterocycles. The van der Waals surface area contributed by atoms with Crippen molar-refractivity contribution in [1.29, 1.82) is 0 Å². The predicted molar refractivity (Wildman–Crippen MR) is 68.7 cm³/mol. The quantitative estimate of drug-likeness (QED) is 0.777. The minimum absolute atomic E-state index is 0.310. The topological polar surface area (TPSA) is 49.3 Å². The van der Waals surface area contributed by atoms with Gasteiger partial charge in [0.05, 0.1) is 0 Å². The summed E-state index contributed by atoms with van der Waals surface area (Å²) in [6, 6.07) is 7.44. The van der Waals surface area contributed by atoms with E-state index in [1.54, 1.807) is 0 Å². The fourth-order valence-electron chi connectivity index (χ4n) is 1.35. The van der Waals surface area contributed by atoms with Crippen LogP contribution < -0.4 is 5.32 Å². The molecule has 0 saturated heterocycles. The van der Waals surface area contributed by atoms with E-state index in [1.165, 1.54) is 12.8 Å². The number of nitrogens with one attached hydrogen (secondary N) is 1. The molecule has 0 radical (unpaired) electrons. The fourth-order valence-corrected chi connectivity index (χ4v) is 1.35. The van der Waals surface area contributed by atoms with Crippen molar-refractivity contribution < 1.29 is 9.90 Å². The normalized spacial score (nSPS) is 12.7. The Morgan fingerprint density at radius 2 is 2.00 bits per heavy atom. The molecule has 18 heavy (non-hydrogen) atoms. The number of carbonyl (C=O) groups is 1. The van der Waals surface area contributed by atoms with Gasteiger partial charge in [0.1, 0.15) is 0 Å². The molecule has 2 N–H and O–H groups in total. The van der Waals surface area contributed by atoms with Gasteiger partial charge in [0.15, 0.2) is 0 Å². The van der Waals surface area contributed by atoms with E-state index in [0.717, 1.165) is 11.1 Å². The van der Waals surface area contributed by atoms with Crippen molar-refractivity contribution in [3.8, 4) is 23.7 Å². The molecule has 1 saturated carbocycles. The molecule has 1 aliphatic carbocycles. The van der Waals surface area contributed by atoms with Crippen LogP contribution in [0.1, 0.15) is 24.0 Å². The maximum atomic E-state index is 10.3. The van der Waals surface area contributed by atoms with Crippen molar-refractivity contribution in [1.82, 2.24) is 5.32 Å². The van der Waals surface area contributed by atoms with Crippen molar-refractivity contribution in [3.05, 3.63) is 35.4 Å². The Bertz CT molecular complexity index is 548. The van der Waals surface area contributed by atoms with Crippen LogP contribution in [0.2, 0.25) is 0 Å². The number of benzene rings is 1. The molecule has 0 spiro atoms. The third kappa shape index (κ3) is 4.23. The van der Waals surface area contributed by atoms with E-state index < -0.39 is 6.09 Å². The number of hydrogen-bond donors (Lipinski definition) is 2. The van der Waals surface area contributed by atoms with Crippen molar-refractivity contribution in [2.75, 3.05) is 0 Å². The van der Waals surface area contributed by atoms with E-state index in [0.29, 0.717) is 12.5 Å². The average molecular weight is 239 g/mol. The summed E-state index contributed by atoms with van der Waals surface area (Å²) in [6.45, 7) is 0.310. The lowest BCUT2D eigenvalue weighted by Crippen LogP contribution is -2.19. The Labute approximate surface area is 106 Å². The number of rotatable bonds is 2. The summed E-state index contributed by atoms with van der Waals surface area (Å²) in [4.78, 5) is 10.3. The largest absolute Gasteiger partial charge is 0.465 e. The molecule has 1 aliphatic rings. The van der Waals surface area contributed by atoms with Gasteiger partial charge in [-0.1, -0.05) is 24.0 Å². The molecule has 0 aromatic heterocycles. The SMILES string of the molecule is O=C(O)NCc1ccc(C#CC#CC2CC2)cc1. The Morgan fingerprint density at radius 1 is 1.28 bits per heavy atom. The van der Waals surface area contributed by atoms with Crippen LogP contribution in [0.3, 0.4) is 0 Å². The first-order chi connectivity index (χ1) is 8.74. The molecule has 0 bridgehead atoms. The van der Waals surface area contributed by atoms with Gasteiger partial charge in [0, 0.05) is 18.0 Å². The molecule has 0 unspecified atom stereocenters. The van der Waals surface area contributed by atoms with Crippen molar-refractivity contribution >= 4 is 6.09 Å². The zero-order chi connectivity index (χ0) is 12.8. The summed E-state index contributed by atoms with van der Waals surface area (Å²) in [6.07, 6.45) is 1.40. The third-order valence-electron chi connectivity index (χ3n) is 2.52. The first-order valence-electron chi connectivity index (χ1n) is 5.81. The molecular formula is C15H13NO2. The van der Waals surface area contributed by atoms with E-state index >= 15 is 0 Å². The molecule has 2 rings (SSSR count). The smallest absolute Gasteiger partial charge is 0.404 e. The Balaban J connectivity index is 1.90. The van der Waals surface area contributed by atoms with E-state index in [4.69, 9.17) is 5.11 Å². The van der Waals surface area contributed by atoms with Crippen molar-refractivity contribution in [2.45, 2.75) is 19.4 Å². The maximum Gasteiger partial charge on any atom is 0.404 e. The highest BCUT2D eigenvalue weighted by atomic mass is 16.4. The van der Waals surface area contributed by atoms with Gasteiger partial charge in [-0.15, -0.1) is 0 Å². The minimum atomic E-state index is -1.02. The Morgan fingerprint density at radius 3 is 2.61 bits per heavy atom. The summed E-state index contributed by atoms with van der Waals surface area (Å²) < 4.78 is 0. The van der Waals surface area contributed by atoms with Gasteiger partial charge >= 0.3 is 6.09 Å². The van der Waals surface area contributed by atoms with Crippen LogP contribution in [0.5, 0.6) is 0 Å². The number of amides is 1. The fraction of sp³-hybridized carbons (Fsp3) is 0.267. The zero-order valence-corrected chi connectivity index (χ0v) is 9.86. The molecule has 0 atom stereocenters. The third-order valence-corrected chi connectivity index (χ3v) is 2.52. The highest BCUT2D eigenvalue weighted by Crippen LogP contribution is 2.27. The van der Waals surface area contributed by atoms with Gasteiger partial charge in [-0.3, -0.25) is 0 Å². The first kappa shape index (κ1) is 12.1. The predicted octanol–water partition coefficient (Wildman–Crippen LogP) is 2.22. The summed E-state index contributed by atoms with van der Waals surface area (Å²) in [7, 11) is 0. The summed E-state index contributed by atoms with van der Waals surface area (Å²) >= 11 is 0. The van der Waals surface area contributed by atoms with Crippen LogP contribution in [0.4, 0.5) is 4.79 Å². The van der Waals surface area contributed by atoms with Gasteiger partial charge < -0.3 is 10.4 Å².